The van der Waals surface area contributed by atoms with Gasteiger partial charge in [-0.2, -0.15) is 5.10 Å². The Morgan fingerprint density at radius 2 is 2.16 bits per heavy atom. The molecule has 2 aromatic heterocycles. The summed E-state index contributed by atoms with van der Waals surface area (Å²) in [4.78, 5) is 1.31. The molecule has 2 aromatic rings. The average molecular weight is 342 g/mol. The number of aromatic nitrogens is 2. The van der Waals surface area contributed by atoms with E-state index in [4.69, 9.17) is 0 Å². The zero-order chi connectivity index (χ0) is 14.0. The molecule has 0 unspecified atom stereocenters. The maximum Gasteiger partial charge on any atom is 0.0755 e. The minimum Gasteiger partial charge on any atom is -0.308 e. The van der Waals surface area contributed by atoms with Crippen molar-refractivity contribution < 1.29 is 0 Å². The van der Waals surface area contributed by atoms with Crippen molar-refractivity contribution in [3.05, 3.63) is 38.3 Å². The van der Waals surface area contributed by atoms with Gasteiger partial charge in [-0.15, -0.1) is 11.3 Å². The standard InChI is InChI=1S/C14H20BrN3S/c1-10-11(6-16-14(2,3)4)7-17-18(10)8-13-5-12(15)9-19-13/h5,7,9,16H,6,8H2,1-4H3. The molecule has 3 nitrogen and oxygen atoms in total. The molecule has 0 saturated heterocycles. The van der Waals surface area contributed by atoms with E-state index in [0.717, 1.165) is 17.6 Å². The van der Waals surface area contributed by atoms with Crippen LogP contribution >= 0.6 is 27.3 Å². The highest BCUT2D eigenvalue weighted by Crippen LogP contribution is 2.21. The van der Waals surface area contributed by atoms with Crippen LogP contribution in [0.25, 0.3) is 0 Å². The summed E-state index contributed by atoms with van der Waals surface area (Å²) in [5, 5.41) is 10.1. The van der Waals surface area contributed by atoms with Crippen molar-refractivity contribution in [1.29, 1.82) is 0 Å². The Bertz CT molecular complexity index is 551. The molecular formula is C14H20BrN3S. The molecule has 0 aliphatic heterocycles. The fraction of sp³-hybridized carbons (Fsp3) is 0.500. The molecule has 0 fully saturated rings. The third kappa shape index (κ3) is 4.16. The van der Waals surface area contributed by atoms with E-state index in [1.807, 2.05) is 6.20 Å². The third-order valence-electron chi connectivity index (χ3n) is 2.94. The summed E-state index contributed by atoms with van der Waals surface area (Å²) in [6, 6.07) is 2.15. The van der Waals surface area contributed by atoms with Crippen LogP contribution in [-0.2, 0) is 13.1 Å². The van der Waals surface area contributed by atoms with E-state index in [2.05, 4.69) is 70.2 Å². The van der Waals surface area contributed by atoms with Gasteiger partial charge < -0.3 is 5.32 Å². The summed E-state index contributed by atoms with van der Waals surface area (Å²) in [7, 11) is 0. The molecule has 19 heavy (non-hydrogen) atoms. The molecule has 2 heterocycles. The lowest BCUT2D eigenvalue weighted by atomic mass is 10.1. The normalized spacial score (nSPS) is 12.1. The van der Waals surface area contributed by atoms with E-state index in [1.165, 1.54) is 16.1 Å². The quantitative estimate of drug-likeness (QED) is 0.912. The molecule has 0 amide bonds. The summed E-state index contributed by atoms with van der Waals surface area (Å²) in [5.74, 6) is 0. The van der Waals surface area contributed by atoms with Crippen molar-refractivity contribution >= 4 is 27.3 Å². The van der Waals surface area contributed by atoms with Crippen LogP contribution < -0.4 is 5.32 Å². The molecule has 5 heteroatoms. The Labute approximate surface area is 127 Å². The van der Waals surface area contributed by atoms with Crippen molar-refractivity contribution in [1.82, 2.24) is 15.1 Å². The highest BCUT2D eigenvalue weighted by Gasteiger charge is 2.12. The van der Waals surface area contributed by atoms with E-state index >= 15 is 0 Å². The fourth-order valence-electron chi connectivity index (χ4n) is 1.76. The average Bonchev–Trinajstić information content (AvgIpc) is 2.85. The number of rotatable bonds is 4. The van der Waals surface area contributed by atoms with Gasteiger partial charge in [-0.05, 0) is 49.7 Å². The SMILES string of the molecule is Cc1c(CNC(C)(C)C)cnn1Cc1cc(Br)cs1. The summed E-state index contributed by atoms with van der Waals surface area (Å²) in [6.45, 7) is 10.4. The second-order valence-electron chi connectivity index (χ2n) is 5.75. The molecule has 0 aliphatic rings. The first-order valence-corrected chi connectivity index (χ1v) is 8.01. The monoisotopic (exact) mass is 341 g/mol. The Kier molecular flexibility index (Phi) is 4.48. The molecule has 0 aliphatic carbocycles. The van der Waals surface area contributed by atoms with Gasteiger partial charge in [-0.25, -0.2) is 0 Å². The van der Waals surface area contributed by atoms with Crippen molar-refractivity contribution in [2.75, 3.05) is 0 Å². The van der Waals surface area contributed by atoms with Crippen LogP contribution in [0.3, 0.4) is 0 Å². The Hall–Kier alpha value is -0.650. The highest BCUT2D eigenvalue weighted by molar-refractivity contribution is 9.10. The number of nitrogens with one attached hydrogen (secondary N) is 1. The van der Waals surface area contributed by atoms with Gasteiger partial charge in [0.15, 0.2) is 0 Å². The molecule has 1 N–H and O–H groups in total. The topological polar surface area (TPSA) is 29.9 Å². The van der Waals surface area contributed by atoms with Gasteiger partial charge in [0.2, 0.25) is 0 Å². The molecule has 0 radical (unpaired) electrons. The Morgan fingerprint density at radius 3 is 2.74 bits per heavy atom. The maximum atomic E-state index is 4.49. The minimum atomic E-state index is 0.132. The smallest absolute Gasteiger partial charge is 0.0755 e. The number of halogens is 1. The fourth-order valence-corrected chi connectivity index (χ4v) is 3.19. The van der Waals surface area contributed by atoms with Crippen LogP contribution in [0.4, 0.5) is 0 Å². The highest BCUT2D eigenvalue weighted by atomic mass is 79.9. The lowest BCUT2D eigenvalue weighted by Crippen LogP contribution is -2.35. The van der Waals surface area contributed by atoms with Crippen LogP contribution in [0.2, 0.25) is 0 Å². The van der Waals surface area contributed by atoms with Gasteiger partial charge in [-0.3, -0.25) is 4.68 Å². The van der Waals surface area contributed by atoms with E-state index < -0.39 is 0 Å². The Morgan fingerprint density at radius 1 is 1.42 bits per heavy atom. The van der Waals surface area contributed by atoms with Crippen LogP contribution in [0.5, 0.6) is 0 Å². The van der Waals surface area contributed by atoms with E-state index in [9.17, 15) is 0 Å². The van der Waals surface area contributed by atoms with Crippen LogP contribution in [0.1, 0.15) is 36.9 Å². The van der Waals surface area contributed by atoms with E-state index in [-0.39, 0.29) is 5.54 Å². The molecule has 104 valence electrons. The van der Waals surface area contributed by atoms with Gasteiger partial charge >= 0.3 is 0 Å². The van der Waals surface area contributed by atoms with Gasteiger partial charge in [0.05, 0.1) is 12.7 Å². The summed E-state index contributed by atoms with van der Waals surface area (Å²) in [6.07, 6.45) is 1.97. The van der Waals surface area contributed by atoms with Crippen LogP contribution in [0, 0.1) is 6.92 Å². The lowest BCUT2D eigenvalue weighted by molar-refractivity contribution is 0.423. The molecule has 0 saturated carbocycles. The summed E-state index contributed by atoms with van der Waals surface area (Å²) >= 11 is 5.24. The van der Waals surface area contributed by atoms with E-state index in [1.54, 1.807) is 11.3 Å². The third-order valence-corrected chi connectivity index (χ3v) is 4.62. The first-order valence-electron chi connectivity index (χ1n) is 6.34. The zero-order valence-corrected chi connectivity index (χ0v) is 14.2. The molecule has 0 bridgehead atoms. The Balaban J connectivity index is 2.05. The minimum absolute atomic E-state index is 0.132. The number of nitrogens with zero attached hydrogens (tertiary/aromatic N) is 2. The molecular weight excluding hydrogens is 322 g/mol. The predicted octanol–water partition coefficient (Wildman–Crippen LogP) is 3.95. The van der Waals surface area contributed by atoms with Crippen LogP contribution in [0.15, 0.2) is 22.1 Å². The largest absolute Gasteiger partial charge is 0.308 e. The predicted molar refractivity (Wildman–Crippen MR) is 84.7 cm³/mol. The number of hydrogen-bond donors (Lipinski definition) is 1. The van der Waals surface area contributed by atoms with Gasteiger partial charge in [0.1, 0.15) is 0 Å². The van der Waals surface area contributed by atoms with Crippen molar-refractivity contribution in [3.63, 3.8) is 0 Å². The van der Waals surface area contributed by atoms with Crippen molar-refractivity contribution in [2.24, 2.45) is 0 Å². The number of thiophene rings is 1. The van der Waals surface area contributed by atoms with Crippen LogP contribution in [-0.4, -0.2) is 15.3 Å². The van der Waals surface area contributed by atoms with Crippen molar-refractivity contribution in [2.45, 2.75) is 46.3 Å². The lowest BCUT2D eigenvalue weighted by Gasteiger charge is -2.20. The second-order valence-corrected chi connectivity index (χ2v) is 7.66. The molecule has 0 spiro atoms. The summed E-state index contributed by atoms with van der Waals surface area (Å²) < 4.78 is 3.21. The molecule has 0 atom stereocenters. The van der Waals surface area contributed by atoms with Gasteiger partial charge in [0.25, 0.3) is 0 Å². The van der Waals surface area contributed by atoms with Gasteiger partial charge in [0, 0.05) is 38.1 Å². The second kappa shape index (κ2) is 5.77. The number of hydrogen-bond acceptors (Lipinski definition) is 3. The zero-order valence-electron chi connectivity index (χ0n) is 11.8. The first kappa shape index (κ1) is 14.8. The molecule has 2 rings (SSSR count). The first-order chi connectivity index (χ1) is 8.85. The summed E-state index contributed by atoms with van der Waals surface area (Å²) in [5.41, 5.74) is 2.64. The van der Waals surface area contributed by atoms with Gasteiger partial charge in [-0.1, -0.05) is 0 Å². The van der Waals surface area contributed by atoms with Crippen molar-refractivity contribution in [3.8, 4) is 0 Å². The maximum absolute atomic E-state index is 4.49. The van der Waals surface area contributed by atoms with E-state index in [0.29, 0.717) is 0 Å². The molecule has 0 aromatic carbocycles.